The molecule has 0 radical (unpaired) electrons. The van der Waals surface area contributed by atoms with Crippen LogP contribution in [-0.2, 0) is 16.0 Å². The maximum absolute atomic E-state index is 12.1. The Labute approximate surface area is 105 Å². The number of hydrogen-bond acceptors (Lipinski definition) is 4. The predicted molar refractivity (Wildman–Crippen MR) is 63.4 cm³/mol. The zero-order valence-corrected chi connectivity index (χ0v) is 10.1. The molecule has 2 heterocycles. The van der Waals surface area contributed by atoms with Crippen LogP contribution in [0.4, 0.5) is 0 Å². The van der Waals surface area contributed by atoms with E-state index in [0.717, 1.165) is 5.82 Å². The lowest BCUT2D eigenvalue weighted by molar-refractivity contribution is -0.132. The third kappa shape index (κ3) is 2.68. The van der Waals surface area contributed by atoms with Crippen LogP contribution in [0.3, 0.4) is 0 Å². The molecule has 0 bridgehead atoms. The number of nitrogens with zero attached hydrogens (tertiary/aromatic N) is 2. The van der Waals surface area contributed by atoms with Crippen LogP contribution in [0.5, 0.6) is 0 Å². The molecule has 0 saturated carbocycles. The molecule has 1 aliphatic heterocycles. The van der Waals surface area contributed by atoms with Gasteiger partial charge in [0.2, 0.25) is 5.91 Å². The second-order valence-electron chi connectivity index (χ2n) is 4.35. The number of nitriles is 1. The summed E-state index contributed by atoms with van der Waals surface area (Å²) >= 11 is 0. The summed E-state index contributed by atoms with van der Waals surface area (Å²) in [6.45, 7) is 1.43. The maximum atomic E-state index is 12.1. The van der Waals surface area contributed by atoms with Crippen molar-refractivity contribution >= 4 is 5.91 Å². The number of carbonyl (C=O) groups is 1. The number of aromatic nitrogens is 2. The van der Waals surface area contributed by atoms with Gasteiger partial charge in [-0.15, -0.1) is 0 Å². The third-order valence-electron chi connectivity index (χ3n) is 3.20. The second kappa shape index (κ2) is 5.65. The highest BCUT2D eigenvalue weighted by atomic mass is 16.5. The molecular formula is C12H16N4O2. The van der Waals surface area contributed by atoms with E-state index in [9.17, 15) is 10.1 Å². The lowest BCUT2D eigenvalue weighted by atomic mass is 9.81. The maximum Gasteiger partial charge on any atom is 0.240 e. The molecule has 1 aliphatic rings. The van der Waals surface area contributed by atoms with E-state index in [4.69, 9.17) is 4.74 Å². The van der Waals surface area contributed by atoms with Crippen LogP contribution in [-0.4, -0.2) is 35.6 Å². The quantitative estimate of drug-likeness (QED) is 0.806. The monoisotopic (exact) mass is 248 g/mol. The van der Waals surface area contributed by atoms with E-state index in [0.29, 0.717) is 39.0 Å². The first-order valence-electron chi connectivity index (χ1n) is 6.02. The van der Waals surface area contributed by atoms with E-state index in [1.165, 1.54) is 0 Å². The second-order valence-corrected chi connectivity index (χ2v) is 4.35. The predicted octanol–water partition coefficient (Wildman–Crippen LogP) is 0.389. The molecular weight excluding hydrogens is 232 g/mol. The molecule has 0 unspecified atom stereocenters. The van der Waals surface area contributed by atoms with Crippen molar-refractivity contribution in [3.63, 3.8) is 0 Å². The fourth-order valence-electron chi connectivity index (χ4n) is 2.01. The van der Waals surface area contributed by atoms with Crippen molar-refractivity contribution in [3.05, 3.63) is 18.2 Å². The van der Waals surface area contributed by atoms with Crippen molar-refractivity contribution < 1.29 is 9.53 Å². The Hall–Kier alpha value is -1.87. The standard InChI is InChI=1S/C12H16N4O2/c13-9-12(2-7-18-8-3-12)11(17)16-4-1-10-14-5-6-15-10/h5-6H,1-4,7-8H2,(H,14,15)(H,16,17). The topological polar surface area (TPSA) is 90.8 Å². The van der Waals surface area contributed by atoms with Gasteiger partial charge in [0.1, 0.15) is 11.2 Å². The summed E-state index contributed by atoms with van der Waals surface area (Å²) in [5.41, 5.74) is -0.915. The van der Waals surface area contributed by atoms with Crippen molar-refractivity contribution in [3.8, 4) is 6.07 Å². The Kier molecular flexibility index (Phi) is 3.95. The summed E-state index contributed by atoms with van der Waals surface area (Å²) in [6, 6.07) is 2.15. The molecule has 1 amide bonds. The van der Waals surface area contributed by atoms with Crippen LogP contribution in [0.2, 0.25) is 0 Å². The Morgan fingerprint density at radius 2 is 2.39 bits per heavy atom. The summed E-state index contributed by atoms with van der Waals surface area (Å²) in [7, 11) is 0. The molecule has 1 aromatic heterocycles. The molecule has 0 atom stereocenters. The van der Waals surface area contributed by atoms with Gasteiger partial charge in [0.25, 0.3) is 0 Å². The Morgan fingerprint density at radius 1 is 1.61 bits per heavy atom. The van der Waals surface area contributed by atoms with Crippen LogP contribution in [0, 0.1) is 16.7 Å². The number of aromatic amines is 1. The van der Waals surface area contributed by atoms with E-state index < -0.39 is 5.41 Å². The van der Waals surface area contributed by atoms with Crippen molar-refractivity contribution in [1.82, 2.24) is 15.3 Å². The van der Waals surface area contributed by atoms with Crippen molar-refractivity contribution in [2.45, 2.75) is 19.3 Å². The lowest BCUT2D eigenvalue weighted by Gasteiger charge is -2.29. The SMILES string of the molecule is N#CC1(C(=O)NCCc2ncc[nH]2)CCOCC1. The van der Waals surface area contributed by atoms with E-state index in [-0.39, 0.29) is 5.91 Å². The van der Waals surface area contributed by atoms with Crippen LogP contribution >= 0.6 is 0 Å². The van der Waals surface area contributed by atoms with Crippen molar-refractivity contribution in [1.29, 1.82) is 5.26 Å². The van der Waals surface area contributed by atoms with E-state index >= 15 is 0 Å². The van der Waals surface area contributed by atoms with Crippen LogP contribution in [0.25, 0.3) is 0 Å². The van der Waals surface area contributed by atoms with Gasteiger partial charge in [0.15, 0.2) is 0 Å². The van der Waals surface area contributed by atoms with Gasteiger partial charge in [-0.25, -0.2) is 4.98 Å². The van der Waals surface area contributed by atoms with Gasteiger partial charge in [-0.2, -0.15) is 5.26 Å². The first kappa shape index (κ1) is 12.6. The average molecular weight is 248 g/mol. The number of rotatable bonds is 4. The lowest BCUT2D eigenvalue weighted by Crippen LogP contribution is -2.44. The van der Waals surface area contributed by atoms with E-state index in [1.54, 1.807) is 12.4 Å². The fourth-order valence-corrected chi connectivity index (χ4v) is 2.01. The third-order valence-corrected chi connectivity index (χ3v) is 3.20. The summed E-state index contributed by atoms with van der Waals surface area (Å²) in [6.07, 6.45) is 4.99. The smallest absolute Gasteiger partial charge is 0.240 e. The minimum atomic E-state index is -0.915. The minimum Gasteiger partial charge on any atom is -0.381 e. The van der Waals surface area contributed by atoms with Crippen LogP contribution in [0.15, 0.2) is 12.4 Å². The highest BCUT2D eigenvalue weighted by Gasteiger charge is 2.40. The summed E-state index contributed by atoms with van der Waals surface area (Å²) in [5, 5.41) is 12.0. The summed E-state index contributed by atoms with van der Waals surface area (Å²) < 4.78 is 5.19. The van der Waals surface area contributed by atoms with E-state index in [2.05, 4.69) is 21.4 Å². The molecule has 18 heavy (non-hydrogen) atoms. The molecule has 0 spiro atoms. The minimum absolute atomic E-state index is 0.195. The number of amides is 1. The first-order chi connectivity index (χ1) is 8.77. The fraction of sp³-hybridized carbons (Fsp3) is 0.583. The molecule has 1 saturated heterocycles. The molecule has 1 aromatic rings. The van der Waals surface area contributed by atoms with Gasteiger partial charge in [-0.05, 0) is 12.8 Å². The first-order valence-corrected chi connectivity index (χ1v) is 6.02. The number of H-pyrrole nitrogens is 1. The highest BCUT2D eigenvalue weighted by Crippen LogP contribution is 2.29. The van der Waals surface area contributed by atoms with Gasteiger partial charge in [-0.3, -0.25) is 4.79 Å². The molecule has 2 N–H and O–H groups in total. The molecule has 0 aromatic carbocycles. The molecule has 2 rings (SSSR count). The number of nitrogens with one attached hydrogen (secondary N) is 2. The van der Waals surface area contributed by atoms with Gasteiger partial charge in [-0.1, -0.05) is 0 Å². The number of imidazole rings is 1. The Bertz CT molecular complexity index is 429. The molecule has 0 aliphatic carbocycles. The molecule has 1 fully saturated rings. The van der Waals surface area contributed by atoms with Crippen molar-refractivity contribution in [2.75, 3.05) is 19.8 Å². The number of ether oxygens (including phenoxy) is 1. The van der Waals surface area contributed by atoms with Gasteiger partial charge < -0.3 is 15.0 Å². The van der Waals surface area contributed by atoms with Crippen LogP contribution < -0.4 is 5.32 Å². The van der Waals surface area contributed by atoms with Gasteiger partial charge in [0, 0.05) is 38.6 Å². The van der Waals surface area contributed by atoms with Gasteiger partial charge in [0.05, 0.1) is 6.07 Å². The molecule has 6 heteroatoms. The summed E-state index contributed by atoms with van der Waals surface area (Å²) in [4.78, 5) is 19.1. The zero-order chi connectivity index (χ0) is 12.8. The van der Waals surface area contributed by atoms with E-state index in [1.807, 2.05) is 0 Å². The molecule has 96 valence electrons. The Balaban J connectivity index is 1.84. The number of hydrogen-bond donors (Lipinski definition) is 2. The van der Waals surface area contributed by atoms with Gasteiger partial charge >= 0.3 is 0 Å². The average Bonchev–Trinajstić information content (AvgIpc) is 2.92. The Morgan fingerprint density at radius 3 is 3.00 bits per heavy atom. The normalized spacial score (nSPS) is 17.9. The van der Waals surface area contributed by atoms with Crippen molar-refractivity contribution in [2.24, 2.45) is 5.41 Å². The zero-order valence-electron chi connectivity index (χ0n) is 10.1. The highest BCUT2D eigenvalue weighted by molar-refractivity contribution is 5.85. The van der Waals surface area contributed by atoms with Crippen LogP contribution in [0.1, 0.15) is 18.7 Å². The largest absolute Gasteiger partial charge is 0.381 e. The molecule has 6 nitrogen and oxygen atoms in total. The summed E-state index contributed by atoms with van der Waals surface area (Å²) in [5.74, 6) is 0.633. The number of carbonyl (C=O) groups excluding carboxylic acids is 1.